The predicted octanol–water partition coefficient (Wildman–Crippen LogP) is 6.30. The van der Waals surface area contributed by atoms with E-state index in [2.05, 4.69) is 33.2 Å². The molecule has 1 N–H and O–H groups in total. The zero-order valence-electron chi connectivity index (χ0n) is 23.1. The second-order valence-corrected chi connectivity index (χ2v) is 12.4. The van der Waals surface area contributed by atoms with E-state index in [9.17, 15) is 4.79 Å². The number of nitrogens with one attached hydrogen (secondary N) is 1. The van der Waals surface area contributed by atoms with Crippen molar-refractivity contribution < 1.29 is 14.3 Å². The van der Waals surface area contributed by atoms with Crippen LogP contribution in [0.2, 0.25) is 0 Å². The van der Waals surface area contributed by atoms with E-state index < -0.39 is 0 Å². The number of carbonyl (C=O) groups is 1. The van der Waals surface area contributed by atoms with Gasteiger partial charge in [0, 0.05) is 41.6 Å². The number of hydrogen-bond donors (Lipinski definition) is 1. The lowest BCUT2D eigenvalue weighted by Crippen LogP contribution is -2.60. The maximum Gasteiger partial charge on any atom is 0.224 e. The number of ether oxygens (including phenoxy) is 2. The Labute approximate surface area is 235 Å². The molecule has 2 aromatic heterocycles. The van der Waals surface area contributed by atoms with Crippen LogP contribution in [0, 0.1) is 17.8 Å². The van der Waals surface area contributed by atoms with Crippen LogP contribution in [-0.4, -0.2) is 28.1 Å². The topological polar surface area (TPSA) is 65.4 Å². The molecule has 0 saturated heterocycles. The number of pyridine rings is 1. The molecule has 0 atom stereocenters. The van der Waals surface area contributed by atoms with Gasteiger partial charge in [-0.2, -0.15) is 0 Å². The van der Waals surface area contributed by atoms with Gasteiger partial charge in [-0.25, -0.2) is 0 Å². The van der Waals surface area contributed by atoms with E-state index in [1.165, 1.54) is 24.8 Å². The van der Waals surface area contributed by atoms with Crippen molar-refractivity contribution in [2.45, 2.75) is 63.6 Å². The van der Waals surface area contributed by atoms with Gasteiger partial charge in [0.05, 0.1) is 13.5 Å². The normalized spacial score (nSPS) is 24.8. The van der Waals surface area contributed by atoms with Crippen LogP contribution < -0.4 is 14.8 Å². The smallest absolute Gasteiger partial charge is 0.224 e. The van der Waals surface area contributed by atoms with Crippen LogP contribution in [0.25, 0.3) is 10.9 Å². The van der Waals surface area contributed by atoms with Crippen LogP contribution in [0.5, 0.6) is 11.5 Å². The van der Waals surface area contributed by atoms with Crippen molar-refractivity contribution in [2.24, 2.45) is 17.8 Å². The predicted molar refractivity (Wildman–Crippen MR) is 155 cm³/mol. The number of methoxy groups -OCH3 is 1. The molecule has 6 nitrogen and oxygen atoms in total. The highest BCUT2D eigenvalue weighted by atomic mass is 16.5. The molecular weight excluding hydrogens is 498 g/mol. The molecule has 4 aliphatic carbocycles. The number of fused-ring (bicyclic) bond motifs is 1. The summed E-state index contributed by atoms with van der Waals surface area (Å²) in [6.45, 7) is 1.17. The minimum Gasteiger partial charge on any atom is -0.497 e. The molecule has 0 aliphatic heterocycles. The van der Waals surface area contributed by atoms with Crippen LogP contribution in [0.4, 0.5) is 0 Å². The number of benzene rings is 2. The quantitative estimate of drug-likeness (QED) is 0.273. The van der Waals surface area contributed by atoms with Crippen LogP contribution in [-0.2, 0) is 24.4 Å². The lowest BCUT2D eigenvalue weighted by atomic mass is 9.53. The first-order chi connectivity index (χ1) is 19.5. The van der Waals surface area contributed by atoms with E-state index in [1.54, 1.807) is 7.11 Å². The van der Waals surface area contributed by atoms with Crippen LogP contribution >= 0.6 is 0 Å². The summed E-state index contributed by atoms with van der Waals surface area (Å²) in [5.41, 5.74) is 4.38. The second-order valence-electron chi connectivity index (χ2n) is 12.4. The number of aromatic nitrogens is 2. The fraction of sp³-hybridized carbons (Fsp3) is 0.412. The van der Waals surface area contributed by atoms with Gasteiger partial charge in [0.1, 0.15) is 18.1 Å². The first-order valence-corrected chi connectivity index (χ1v) is 14.6. The monoisotopic (exact) mass is 535 g/mol. The van der Waals surface area contributed by atoms with Crippen molar-refractivity contribution in [2.75, 3.05) is 7.11 Å². The Morgan fingerprint density at radius 2 is 1.70 bits per heavy atom. The fourth-order valence-electron chi connectivity index (χ4n) is 8.10. The fourth-order valence-corrected chi connectivity index (χ4v) is 8.10. The summed E-state index contributed by atoms with van der Waals surface area (Å²) in [5.74, 6) is 4.17. The van der Waals surface area contributed by atoms with Gasteiger partial charge in [-0.1, -0.05) is 12.1 Å². The standard InChI is InChI=1S/C34H37N3O3/c1-39-29-4-2-3-24(14-29)22-40-30-5-6-32-31(16-30)28(21-37(32)20-23-7-9-35-10-8-23)15-33(38)36-34-17-25-11-26(18-34)13-27(12-25)19-34/h2-10,14,16,21,25-27H,11-13,15,17-20,22H2,1H3,(H,36,38). The zero-order chi connectivity index (χ0) is 27.1. The average Bonchev–Trinajstić information content (AvgIpc) is 3.27. The average molecular weight is 536 g/mol. The van der Waals surface area contributed by atoms with Crippen LogP contribution in [0.15, 0.2) is 73.2 Å². The third-order valence-corrected chi connectivity index (χ3v) is 9.37. The van der Waals surface area contributed by atoms with Gasteiger partial charge in [0.25, 0.3) is 0 Å². The van der Waals surface area contributed by atoms with E-state index in [-0.39, 0.29) is 11.4 Å². The van der Waals surface area contributed by atoms with E-state index in [4.69, 9.17) is 9.47 Å². The highest BCUT2D eigenvalue weighted by Crippen LogP contribution is 2.55. The number of nitrogens with zero attached hydrogens (tertiary/aromatic N) is 2. The number of rotatable bonds is 9. The number of carbonyl (C=O) groups excluding carboxylic acids is 1. The maximum atomic E-state index is 13.6. The molecule has 0 radical (unpaired) electrons. The number of amides is 1. The summed E-state index contributed by atoms with van der Waals surface area (Å²) in [4.78, 5) is 17.8. The molecule has 4 aromatic rings. The second kappa shape index (κ2) is 10.3. The van der Waals surface area contributed by atoms with Gasteiger partial charge in [-0.3, -0.25) is 9.78 Å². The molecule has 2 heterocycles. The van der Waals surface area contributed by atoms with Crippen molar-refractivity contribution in [3.8, 4) is 11.5 Å². The Morgan fingerprint density at radius 1 is 0.950 bits per heavy atom. The Morgan fingerprint density at radius 3 is 2.42 bits per heavy atom. The maximum absolute atomic E-state index is 13.6. The van der Waals surface area contributed by atoms with E-state index in [1.807, 2.05) is 54.9 Å². The van der Waals surface area contributed by atoms with Crippen molar-refractivity contribution in [3.63, 3.8) is 0 Å². The van der Waals surface area contributed by atoms with Gasteiger partial charge in [0.15, 0.2) is 0 Å². The molecule has 1 amide bonds. The molecule has 0 unspecified atom stereocenters. The summed E-state index contributed by atoms with van der Waals surface area (Å²) in [6.07, 6.45) is 13.8. The molecule has 40 heavy (non-hydrogen) atoms. The van der Waals surface area contributed by atoms with Crippen molar-refractivity contribution in [3.05, 3.63) is 89.9 Å². The van der Waals surface area contributed by atoms with E-state index >= 15 is 0 Å². The molecule has 4 saturated carbocycles. The Balaban J connectivity index is 1.14. The third kappa shape index (κ3) is 5.07. The van der Waals surface area contributed by atoms with Gasteiger partial charge in [-0.05, 0) is 115 Å². The van der Waals surface area contributed by atoms with Crippen LogP contribution in [0.3, 0.4) is 0 Å². The minimum atomic E-state index is 0.0201. The summed E-state index contributed by atoms with van der Waals surface area (Å²) in [5, 5.41) is 4.64. The molecular formula is C34H37N3O3. The van der Waals surface area contributed by atoms with Gasteiger partial charge < -0.3 is 19.4 Å². The Hall–Kier alpha value is -3.80. The molecule has 4 bridgehead atoms. The first kappa shape index (κ1) is 25.2. The summed E-state index contributed by atoms with van der Waals surface area (Å²) in [6, 6.07) is 18.2. The first-order valence-electron chi connectivity index (χ1n) is 14.6. The van der Waals surface area contributed by atoms with Crippen molar-refractivity contribution in [1.82, 2.24) is 14.9 Å². The van der Waals surface area contributed by atoms with Crippen molar-refractivity contribution >= 4 is 16.8 Å². The largest absolute Gasteiger partial charge is 0.497 e. The van der Waals surface area contributed by atoms with Gasteiger partial charge in [0.2, 0.25) is 5.91 Å². The lowest BCUT2D eigenvalue weighted by Gasteiger charge is -2.56. The summed E-state index contributed by atoms with van der Waals surface area (Å²) >= 11 is 0. The highest BCUT2D eigenvalue weighted by Gasteiger charge is 2.51. The molecule has 206 valence electrons. The number of hydrogen-bond acceptors (Lipinski definition) is 4. The SMILES string of the molecule is COc1cccc(COc2ccc3c(c2)c(CC(=O)NC24CC5CC(CC(C5)C2)C4)cn3Cc2ccncc2)c1. The van der Waals surface area contributed by atoms with E-state index in [0.29, 0.717) is 13.0 Å². The Kier molecular flexibility index (Phi) is 6.49. The minimum absolute atomic E-state index is 0.0201. The molecule has 0 spiro atoms. The van der Waals surface area contributed by atoms with E-state index in [0.717, 1.165) is 77.1 Å². The Bertz CT molecular complexity index is 1490. The van der Waals surface area contributed by atoms with Gasteiger partial charge >= 0.3 is 0 Å². The molecule has 4 fully saturated rings. The van der Waals surface area contributed by atoms with Crippen LogP contribution in [0.1, 0.15) is 55.2 Å². The molecule has 8 rings (SSSR count). The highest BCUT2D eigenvalue weighted by molar-refractivity contribution is 5.90. The third-order valence-electron chi connectivity index (χ3n) is 9.37. The molecule has 2 aromatic carbocycles. The van der Waals surface area contributed by atoms with Gasteiger partial charge in [-0.15, -0.1) is 0 Å². The molecule has 4 aliphatic rings. The summed E-state index contributed by atoms with van der Waals surface area (Å²) < 4.78 is 13.8. The molecule has 6 heteroatoms. The summed E-state index contributed by atoms with van der Waals surface area (Å²) in [7, 11) is 1.67. The zero-order valence-corrected chi connectivity index (χ0v) is 23.1. The lowest BCUT2D eigenvalue weighted by molar-refractivity contribution is -0.126. The van der Waals surface area contributed by atoms with Crippen molar-refractivity contribution in [1.29, 1.82) is 0 Å².